The van der Waals surface area contributed by atoms with Gasteiger partial charge in [0.15, 0.2) is 12.4 Å². The van der Waals surface area contributed by atoms with E-state index >= 15 is 0 Å². The van der Waals surface area contributed by atoms with Gasteiger partial charge in [0.25, 0.3) is 11.0 Å². The predicted octanol–water partition coefficient (Wildman–Crippen LogP) is -0.609. The lowest BCUT2D eigenvalue weighted by Crippen LogP contribution is -2.22. The summed E-state index contributed by atoms with van der Waals surface area (Å²) in [6.45, 7) is 0. The first kappa shape index (κ1) is 9.86. The number of nitrogens with zero attached hydrogens (tertiary/aromatic N) is 1. The number of hydrogen-bond donors (Lipinski definition) is 2. The molecule has 1 rings (SSSR count). The molecule has 0 bridgehead atoms. The fraction of sp³-hybridized carbons (Fsp3) is 0. The van der Waals surface area contributed by atoms with E-state index in [9.17, 15) is 5.21 Å². The van der Waals surface area contributed by atoms with Crippen molar-refractivity contribution in [3.05, 3.63) is 35.8 Å². The Morgan fingerprint density at radius 3 is 1.73 bits per heavy atom. The number of rotatable bonds is 0. The average molecular weight is 177 g/mol. The molecule has 0 aromatic carbocycles. The van der Waals surface area contributed by atoms with Crippen LogP contribution in [0.4, 0.5) is 0 Å². The van der Waals surface area contributed by atoms with E-state index in [-0.39, 0.29) is 0 Å². The van der Waals surface area contributed by atoms with Crippen molar-refractivity contribution < 1.29 is 17.7 Å². The van der Waals surface area contributed by atoms with Crippen molar-refractivity contribution in [2.45, 2.75) is 0 Å². The fourth-order valence-corrected chi connectivity index (χ4v) is 0.383. The van der Waals surface area contributed by atoms with Crippen molar-refractivity contribution in [2.24, 2.45) is 0 Å². The molecule has 0 fully saturated rings. The monoisotopic (exact) mass is 177 g/mol. The van der Waals surface area contributed by atoms with Gasteiger partial charge in [-0.25, -0.2) is 8.42 Å². The maximum absolute atomic E-state index is 10.2. The largest absolute Gasteiger partial charge is 0.619 e. The highest BCUT2D eigenvalue weighted by Crippen LogP contribution is 1.72. The van der Waals surface area contributed by atoms with Crippen LogP contribution in [-0.2, 0) is 11.0 Å². The van der Waals surface area contributed by atoms with Gasteiger partial charge in [-0.2, -0.15) is 4.73 Å². The lowest BCUT2D eigenvalue weighted by molar-refractivity contribution is -0.605. The molecule has 0 saturated carbocycles. The molecule has 11 heavy (non-hydrogen) atoms. The van der Waals surface area contributed by atoms with Crippen LogP contribution in [0, 0.1) is 5.21 Å². The Bertz CT molecular complexity index is 250. The molecule has 0 amide bonds. The Morgan fingerprint density at radius 1 is 1.18 bits per heavy atom. The number of thiol groups is 1. The summed E-state index contributed by atoms with van der Waals surface area (Å²) in [7, 11) is -3.12. The summed E-state index contributed by atoms with van der Waals surface area (Å²) in [6, 6.07) is 5.18. The summed E-state index contributed by atoms with van der Waals surface area (Å²) in [4.78, 5) is 0. The van der Waals surface area contributed by atoms with Crippen LogP contribution < -0.4 is 4.73 Å². The highest BCUT2D eigenvalue weighted by molar-refractivity contribution is 7.66. The normalized spacial score (nSPS) is 8.55. The molecule has 0 spiro atoms. The molecule has 0 aliphatic rings. The summed E-state index contributed by atoms with van der Waals surface area (Å²) < 4.78 is 24.9. The Balaban J connectivity index is 0.000000218. The van der Waals surface area contributed by atoms with E-state index in [1.54, 1.807) is 18.2 Å². The standard InChI is InChI=1S/C5H5NO.H2O3S/c7-6-4-2-1-3-5-6;1-4(2)3/h1-5H;4H,(H,1,2,3). The van der Waals surface area contributed by atoms with E-state index in [1.807, 2.05) is 0 Å². The highest BCUT2D eigenvalue weighted by Gasteiger charge is 1.75. The van der Waals surface area contributed by atoms with Gasteiger partial charge in [-0.05, 0) is 0 Å². The minimum atomic E-state index is -3.12. The van der Waals surface area contributed by atoms with Crippen LogP contribution in [0.5, 0.6) is 0 Å². The van der Waals surface area contributed by atoms with Crippen molar-refractivity contribution in [1.82, 2.24) is 0 Å². The topological polar surface area (TPSA) is 81.3 Å². The van der Waals surface area contributed by atoms with Gasteiger partial charge in [-0.3, -0.25) is 4.55 Å². The molecular formula is C5H7NO4S. The average Bonchev–Trinajstić information content (AvgIpc) is 1.87. The second-order valence-electron chi connectivity index (χ2n) is 1.47. The zero-order valence-corrected chi connectivity index (χ0v) is 6.35. The predicted molar refractivity (Wildman–Crippen MR) is 38.3 cm³/mol. The van der Waals surface area contributed by atoms with Crippen LogP contribution in [0.25, 0.3) is 0 Å². The second kappa shape index (κ2) is 5.63. The van der Waals surface area contributed by atoms with Crippen LogP contribution in [0.15, 0.2) is 30.6 Å². The third-order valence-electron chi connectivity index (χ3n) is 0.688. The zero-order valence-electron chi connectivity index (χ0n) is 5.45. The second-order valence-corrected chi connectivity index (χ2v) is 1.95. The van der Waals surface area contributed by atoms with Crippen LogP contribution in [-0.4, -0.2) is 13.0 Å². The van der Waals surface area contributed by atoms with Gasteiger partial charge in [0.1, 0.15) is 0 Å². The summed E-state index contributed by atoms with van der Waals surface area (Å²) in [5.74, 6) is 0. The molecule has 1 heterocycles. The first-order valence-corrected chi connectivity index (χ1v) is 3.73. The van der Waals surface area contributed by atoms with Crippen LogP contribution in [0.2, 0.25) is 0 Å². The first-order valence-electron chi connectivity index (χ1n) is 2.60. The Morgan fingerprint density at radius 2 is 1.55 bits per heavy atom. The summed E-state index contributed by atoms with van der Waals surface area (Å²) in [6.07, 6.45) is 2.89. The van der Waals surface area contributed by atoms with Crippen molar-refractivity contribution in [2.75, 3.05) is 0 Å². The van der Waals surface area contributed by atoms with Crippen molar-refractivity contribution in [1.29, 1.82) is 0 Å². The molecule has 62 valence electrons. The molecule has 0 atom stereocenters. The number of hydrogen-bond acceptors (Lipinski definition) is 3. The Labute approximate surface area is 65.3 Å². The smallest absolute Gasteiger partial charge is 0.254 e. The molecule has 1 N–H and O–H groups in total. The lowest BCUT2D eigenvalue weighted by Gasteiger charge is -1.88. The number of aromatic nitrogens is 1. The SMILES string of the molecule is O=[SH](=O)O.[O-][n+]1ccccc1. The molecule has 1 aromatic rings. The third kappa shape index (κ3) is 8.86. The maximum Gasteiger partial charge on any atom is 0.254 e. The van der Waals surface area contributed by atoms with Gasteiger partial charge in [0.2, 0.25) is 0 Å². The van der Waals surface area contributed by atoms with Gasteiger partial charge >= 0.3 is 0 Å². The van der Waals surface area contributed by atoms with Gasteiger partial charge in [-0.15, -0.1) is 0 Å². The molecule has 0 unspecified atom stereocenters. The van der Waals surface area contributed by atoms with Crippen LogP contribution >= 0.6 is 0 Å². The van der Waals surface area contributed by atoms with E-state index in [0.29, 0.717) is 0 Å². The molecule has 0 radical (unpaired) electrons. The van der Waals surface area contributed by atoms with Gasteiger partial charge < -0.3 is 5.21 Å². The van der Waals surface area contributed by atoms with Gasteiger partial charge in [-0.1, -0.05) is 6.07 Å². The van der Waals surface area contributed by atoms with E-state index in [0.717, 1.165) is 4.73 Å². The fourth-order valence-electron chi connectivity index (χ4n) is 0.383. The number of pyridine rings is 1. The first-order chi connectivity index (χ1) is 5.13. The summed E-state index contributed by atoms with van der Waals surface area (Å²) in [5, 5.41) is 10.2. The minimum Gasteiger partial charge on any atom is -0.619 e. The quantitative estimate of drug-likeness (QED) is 0.240. The lowest BCUT2D eigenvalue weighted by atomic mass is 10.5. The van der Waals surface area contributed by atoms with Crippen LogP contribution in [0.1, 0.15) is 0 Å². The Kier molecular flexibility index (Phi) is 5.05. The highest BCUT2D eigenvalue weighted by atomic mass is 32.2. The molecule has 6 heteroatoms. The third-order valence-corrected chi connectivity index (χ3v) is 0.688. The maximum atomic E-state index is 10.2. The molecular weight excluding hydrogens is 170 g/mol. The van der Waals surface area contributed by atoms with E-state index < -0.39 is 11.0 Å². The Hall–Kier alpha value is -1.14. The molecule has 1 aromatic heterocycles. The molecule has 0 aliphatic carbocycles. The van der Waals surface area contributed by atoms with E-state index in [2.05, 4.69) is 0 Å². The van der Waals surface area contributed by atoms with Crippen molar-refractivity contribution in [3.8, 4) is 0 Å². The summed E-state index contributed by atoms with van der Waals surface area (Å²) in [5.41, 5.74) is 0. The van der Waals surface area contributed by atoms with Gasteiger partial charge in [0, 0.05) is 12.1 Å². The molecule has 5 nitrogen and oxygen atoms in total. The zero-order chi connectivity index (χ0) is 8.69. The van der Waals surface area contributed by atoms with Crippen LogP contribution in [0.3, 0.4) is 0 Å². The molecule has 0 saturated heterocycles. The van der Waals surface area contributed by atoms with Gasteiger partial charge in [0.05, 0.1) is 0 Å². The van der Waals surface area contributed by atoms with E-state index in [1.165, 1.54) is 12.4 Å². The molecule has 0 aliphatic heterocycles. The minimum absolute atomic E-state index is 0.750. The van der Waals surface area contributed by atoms with Crippen molar-refractivity contribution in [3.63, 3.8) is 0 Å². The van der Waals surface area contributed by atoms with E-state index in [4.69, 9.17) is 13.0 Å². The summed E-state index contributed by atoms with van der Waals surface area (Å²) >= 11 is 0. The van der Waals surface area contributed by atoms with Crippen molar-refractivity contribution >= 4 is 11.0 Å².